The van der Waals surface area contributed by atoms with Crippen LogP contribution in [-0.4, -0.2) is 34.0 Å². The SMILES string of the molecule is O=C(O)C1CCN(Cc2cncc3ccccc23)C1. The van der Waals surface area contributed by atoms with Crippen LogP contribution in [0.25, 0.3) is 10.8 Å². The fourth-order valence-electron chi connectivity index (χ4n) is 2.72. The summed E-state index contributed by atoms with van der Waals surface area (Å²) < 4.78 is 0. The van der Waals surface area contributed by atoms with Gasteiger partial charge in [-0.15, -0.1) is 0 Å². The molecule has 1 N–H and O–H groups in total. The van der Waals surface area contributed by atoms with Crippen LogP contribution in [0.1, 0.15) is 12.0 Å². The molecule has 3 rings (SSSR count). The second-order valence-corrected chi connectivity index (χ2v) is 5.08. The molecule has 0 radical (unpaired) electrons. The molecule has 19 heavy (non-hydrogen) atoms. The number of aliphatic carboxylic acids is 1. The van der Waals surface area contributed by atoms with Gasteiger partial charge in [0.05, 0.1) is 5.92 Å². The molecule has 1 aliphatic heterocycles. The minimum absolute atomic E-state index is 0.220. The Bertz CT molecular complexity index is 607. The van der Waals surface area contributed by atoms with Crippen molar-refractivity contribution in [3.63, 3.8) is 0 Å². The third-order valence-corrected chi connectivity index (χ3v) is 3.77. The molecular formula is C15H16N2O2. The Labute approximate surface area is 111 Å². The third kappa shape index (κ3) is 2.44. The first-order valence-electron chi connectivity index (χ1n) is 6.51. The number of pyridine rings is 1. The Morgan fingerprint density at radius 3 is 3.00 bits per heavy atom. The number of benzene rings is 1. The highest BCUT2D eigenvalue weighted by molar-refractivity contribution is 5.84. The van der Waals surface area contributed by atoms with Crippen molar-refractivity contribution in [2.75, 3.05) is 13.1 Å². The fraction of sp³-hybridized carbons (Fsp3) is 0.333. The van der Waals surface area contributed by atoms with E-state index in [1.165, 1.54) is 10.9 Å². The molecule has 2 heterocycles. The van der Waals surface area contributed by atoms with E-state index in [0.717, 1.165) is 24.9 Å². The van der Waals surface area contributed by atoms with Crippen molar-refractivity contribution in [3.05, 3.63) is 42.2 Å². The van der Waals surface area contributed by atoms with Crippen LogP contribution in [0, 0.1) is 5.92 Å². The van der Waals surface area contributed by atoms with Crippen LogP contribution in [0.15, 0.2) is 36.7 Å². The maximum absolute atomic E-state index is 11.0. The van der Waals surface area contributed by atoms with Crippen LogP contribution >= 0.6 is 0 Å². The van der Waals surface area contributed by atoms with Gasteiger partial charge in [0.25, 0.3) is 0 Å². The van der Waals surface area contributed by atoms with Crippen molar-refractivity contribution in [2.45, 2.75) is 13.0 Å². The molecule has 0 spiro atoms. The predicted octanol–water partition coefficient (Wildman–Crippen LogP) is 2.14. The highest BCUT2D eigenvalue weighted by Gasteiger charge is 2.27. The van der Waals surface area contributed by atoms with Gasteiger partial charge in [0, 0.05) is 30.9 Å². The summed E-state index contributed by atoms with van der Waals surface area (Å²) in [6.45, 7) is 2.26. The lowest BCUT2D eigenvalue weighted by Gasteiger charge is -2.16. The molecule has 1 unspecified atom stereocenters. The van der Waals surface area contributed by atoms with Crippen LogP contribution in [0.5, 0.6) is 0 Å². The molecule has 2 aromatic rings. The van der Waals surface area contributed by atoms with Crippen molar-refractivity contribution >= 4 is 16.7 Å². The Morgan fingerprint density at radius 2 is 2.21 bits per heavy atom. The maximum Gasteiger partial charge on any atom is 0.307 e. The molecule has 1 fully saturated rings. The van der Waals surface area contributed by atoms with E-state index in [-0.39, 0.29) is 5.92 Å². The lowest BCUT2D eigenvalue weighted by atomic mass is 10.1. The van der Waals surface area contributed by atoms with Crippen LogP contribution in [-0.2, 0) is 11.3 Å². The summed E-state index contributed by atoms with van der Waals surface area (Å²) in [5, 5.41) is 11.4. The number of carboxylic acids is 1. The molecule has 0 bridgehead atoms. The lowest BCUT2D eigenvalue weighted by Crippen LogP contribution is -2.23. The van der Waals surface area contributed by atoms with E-state index in [9.17, 15) is 4.79 Å². The number of carboxylic acid groups (broad SMARTS) is 1. The Kier molecular flexibility index (Phi) is 3.17. The number of aromatic nitrogens is 1. The summed E-state index contributed by atoms with van der Waals surface area (Å²) in [6, 6.07) is 8.17. The van der Waals surface area contributed by atoms with Gasteiger partial charge in [0.15, 0.2) is 0 Å². The zero-order chi connectivity index (χ0) is 13.2. The molecule has 4 heteroatoms. The van der Waals surface area contributed by atoms with Gasteiger partial charge in [-0.05, 0) is 23.9 Å². The Balaban J connectivity index is 1.81. The molecule has 98 valence electrons. The zero-order valence-corrected chi connectivity index (χ0v) is 10.6. The first kappa shape index (κ1) is 12.1. The summed E-state index contributed by atoms with van der Waals surface area (Å²) in [5.74, 6) is -0.901. The molecule has 1 atom stereocenters. The molecule has 0 saturated carbocycles. The zero-order valence-electron chi connectivity index (χ0n) is 10.6. The monoisotopic (exact) mass is 256 g/mol. The second-order valence-electron chi connectivity index (χ2n) is 5.08. The normalized spacial score (nSPS) is 19.9. The molecule has 0 aliphatic carbocycles. The number of carbonyl (C=O) groups is 1. The van der Waals surface area contributed by atoms with E-state index in [2.05, 4.69) is 22.0 Å². The Hall–Kier alpha value is -1.94. The van der Waals surface area contributed by atoms with Crippen LogP contribution in [0.3, 0.4) is 0 Å². The highest BCUT2D eigenvalue weighted by atomic mass is 16.4. The molecular weight excluding hydrogens is 240 g/mol. The van der Waals surface area contributed by atoms with E-state index in [4.69, 9.17) is 5.11 Å². The first-order chi connectivity index (χ1) is 9.24. The average Bonchev–Trinajstić information content (AvgIpc) is 2.88. The maximum atomic E-state index is 11.0. The number of hydrogen-bond acceptors (Lipinski definition) is 3. The summed E-state index contributed by atoms with van der Waals surface area (Å²) >= 11 is 0. The minimum Gasteiger partial charge on any atom is -0.481 e. The van der Waals surface area contributed by atoms with Crippen molar-refractivity contribution in [1.29, 1.82) is 0 Å². The predicted molar refractivity (Wildman–Crippen MR) is 72.8 cm³/mol. The number of rotatable bonds is 3. The number of likely N-dealkylation sites (tertiary alicyclic amines) is 1. The van der Waals surface area contributed by atoms with Gasteiger partial charge in [-0.25, -0.2) is 0 Å². The van der Waals surface area contributed by atoms with Gasteiger partial charge in [-0.3, -0.25) is 14.7 Å². The van der Waals surface area contributed by atoms with E-state index < -0.39 is 5.97 Å². The van der Waals surface area contributed by atoms with E-state index in [1.807, 2.05) is 24.5 Å². The van der Waals surface area contributed by atoms with Gasteiger partial charge in [0.1, 0.15) is 0 Å². The summed E-state index contributed by atoms with van der Waals surface area (Å²) in [6.07, 6.45) is 4.49. The van der Waals surface area contributed by atoms with Gasteiger partial charge < -0.3 is 5.11 Å². The van der Waals surface area contributed by atoms with E-state index in [1.54, 1.807) is 0 Å². The topological polar surface area (TPSA) is 53.4 Å². The molecule has 1 aliphatic rings. The van der Waals surface area contributed by atoms with Gasteiger partial charge in [-0.1, -0.05) is 24.3 Å². The molecule has 1 aromatic carbocycles. The fourth-order valence-corrected chi connectivity index (χ4v) is 2.72. The largest absolute Gasteiger partial charge is 0.481 e. The molecule has 1 aromatic heterocycles. The van der Waals surface area contributed by atoms with Crippen LogP contribution < -0.4 is 0 Å². The second kappa shape index (κ2) is 4.97. The number of nitrogens with zero attached hydrogens (tertiary/aromatic N) is 2. The quantitative estimate of drug-likeness (QED) is 0.914. The average molecular weight is 256 g/mol. The van der Waals surface area contributed by atoms with E-state index in [0.29, 0.717) is 6.54 Å². The van der Waals surface area contributed by atoms with Crippen LogP contribution in [0.2, 0.25) is 0 Å². The summed E-state index contributed by atoms with van der Waals surface area (Å²) in [4.78, 5) is 17.4. The van der Waals surface area contributed by atoms with Crippen LogP contribution in [0.4, 0.5) is 0 Å². The molecule has 0 amide bonds. The molecule has 1 saturated heterocycles. The number of hydrogen-bond donors (Lipinski definition) is 1. The van der Waals surface area contributed by atoms with Crippen molar-refractivity contribution in [3.8, 4) is 0 Å². The lowest BCUT2D eigenvalue weighted by molar-refractivity contribution is -0.141. The summed E-state index contributed by atoms with van der Waals surface area (Å²) in [7, 11) is 0. The number of fused-ring (bicyclic) bond motifs is 1. The van der Waals surface area contributed by atoms with Crippen molar-refractivity contribution in [2.24, 2.45) is 5.92 Å². The first-order valence-corrected chi connectivity index (χ1v) is 6.51. The van der Waals surface area contributed by atoms with Gasteiger partial charge in [-0.2, -0.15) is 0 Å². The standard InChI is InChI=1S/C15H16N2O2/c18-15(19)12-5-6-17(9-12)10-13-8-16-7-11-3-1-2-4-14(11)13/h1-4,7-8,12H,5-6,9-10H2,(H,18,19). The van der Waals surface area contributed by atoms with Gasteiger partial charge >= 0.3 is 5.97 Å². The van der Waals surface area contributed by atoms with E-state index >= 15 is 0 Å². The Morgan fingerprint density at radius 1 is 1.37 bits per heavy atom. The van der Waals surface area contributed by atoms with Crippen molar-refractivity contribution < 1.29 is 9.90 Å². The smallest absolute Gasteiger partial charge is 0.307 e. The third-order valence-electron chi connectivity index (χ3n) is 3.77. The highest BCUT2D eigenvalue weighted by Crippen LogP contribution is 2.22. The summed E-state index contributed by atoms with van der Waals surface area (Å²) in [5.41, 5.74) is 1.17. The van der Waals surface area contributed by atoms with Crippen molar-refractivity contribution in [1.82, 2.24) is 9.88 Å². The minimum atomic E-state index is -0.682. The van der Waals surface area contributed by atoms with Gasteiger partial charge in [0.2, 0.25) is 0 Å². The molecule has 4 nitrogen and oxygen atoms in total.